The summed E-state index contributed by atoms with van der Waals surface area (Å²) in [6.07, 6.45) is 0.829. The molecule has 0 saturated heterocycles. The quantitative estimate of drug-likeness (QED) is 0.187. The fourth-order valence-corrected chi connectivity index (χ4v) is 8.67. The summed E-state index contributed by atoms with van der Waals surface area (Å²) in [6, 6.07) is 47.2. The Morgan fingerprint density at radius 3 is 2.21 bits per heavy atom. The number of aromatic nitrogens is 2. The van der Waals surface area contributed by atoms with Crippen molar-refractivity contribution in [2.24, 2.45) is 5.41 Å². The topological polar surface area (TPSA) is 48.2 Å². The fraction of sp³-hybridized carbons (Fsp3) is 0.167. The maximum Gasteiger partial charge on any atom is 0.160 e. The standard InChI is InChI=1S/C48H38N2O2/c1-47(2,3)48(4)36-22-21-31(27-35(36)44-37(48)23-24-42-45(44)34-17-9-11-20-41(34)52-42)46-49-38(29-13-6-5-7-14-29)28-39(50-46)32-18-12-15-30-25-26-51-40-19-10-8-16-33(40)43(30)32/h5-24,27-28H,25-26H2,1-4H3. The molecular formula is C48H38N2O2. The molecule has 0 saturated carbocycles. The molecule has 3 heterocycles. The second-order valence-electron chi connectivity index (χ2n) is 15.4. The van der Waals surface area contributed by atoms with E-state index in [4.69, 9.17) is 19.1 Å². The molecule has 52 heavy (non-hydrogen) atoms. The molecule has 0 fully saturated rings. The van der Waals surface area contributed by atoms with Crippen LogP contribution < -0.4 is 4.74 Å². The average molecular weight is 675 g/mol. The number of nitrogens with zero attached hydrogens (tertiary/aromatic N) is 2. The lowest BCUT2D eigenvalue weighted by atomic mass is 9.62. The lowest BCUT2D eigenvalue weighted by Gasteiger charge is -2.41. The number of para-hydroxylation sites is 2. The van der Waals surface area contributed by atoms with E-state index in [0.29, 0.717) is 12.4 Å². The van der Waals surface area contributed by atoms with Crippen LogP contribution in [0, 0.1) is 5.41 Å². The van der Waals surface area contributed by atoms with Gasteiger partial charge in [-0.2, -0.15) is 0 Å². The van der Waals surface area contributed by atoms with Gasteiger partial charge in [-0.3, -0.25) is 0 Å². The molecule has 1 aliphatic carbocycles. The predicted molar refractivity (Wildman–Crippen MR) is 212 cm³/mol. The SMILES string of the molecule is CC(C)(C)C1(C)c2ccc(-c3nc(-c4ccccc4)cc(-c4cccc5c4-c4ccccc4OCC5)n3)cc2-c2c1ccc1oc3ccccc3c21. The highest BCUT2D eigenvalue weighted by Crippen LogP contribution is 2.59. The van der Waals surface area contributed by atoms with Crippen molar-refractivity contribution >= 4 is 21.9 Å². The molecule has 0 bridgehead atoms. The van der Waals surface area contributed by atoms with E-state index < -0.39 is 0 Å². The van der Waals surface area contributed by atoms with Crippen LogP contribution in [0.25, 0.3) is 78.1 Å². The minimum atomic E-state index is -0.224. The van der Waals surface area contributed by atoms with Crippen LogP contribution in [0.4, 0.5) is 0 Å². The van der Waals surface area contributed by atoms with Crippen molar-refractivity contribution < 1.29 is 9.15 Å². The highest BCUT2D eigenvalue weighted by Gasteiger charge is 2.48. The van der Waals surface area contributed by atoms with Crippen LogP contribution in [0.2, 0.25) is 0 Å². The summed E-state index contributed by atoms with van der Waals surface area (Å²) in [5.41, 5.74) is 15.1. The molecule has 1 aliphatic heterocycles. The second kappa shape index (κ2) is 11.2. The van der Waals surface area contributed by atoms with Gasteiger partial charge in [-0.1, -0.05) is 131 Å². The van der Waals surface area contributed by atoms with Crippen LogP contribution in [0.1, 0.15) is 44.4 Å². The van der Waals surface area contributed by atoms with Gasteiger partial charge < -0.3 is 9.15 Å². The number of hydrogen-bond donors (Lipinski definition) is 0. The monoisotopic (exact) mass is 674 g/mol. The van der Waals surface area contributed by atoms with Gasteiger partial charge in [0.1, 0.15) is 16.9 Å². The van der Waals surface area contributed by atoms with Gasteiger partial charge in [0.2, 0.25) is 0 Å². The fourth-order valence-electron chi connectivity index (χ4n) is 8.67. The third-order valence-electron chi connectivity index (χ3n) is 11.7. The number of ether oxygens (including phenoxy) is 1. The first kappa shape index (κ1) is 30.8. The molecule has 0 amide bonds. The van der Waals surface area contributed by atoms with Gasteiger partial charge in [-0.15, -0.1) is 0 Å². The molecule has 1 atom stereocenters. The van der Waals surface area contributed by atoms with E-state index in [1.54, 1.807) is 0 Å². The van der Waals surface area contributed by atoms with Crippen molar-refractivity contribution in [1.29, 1.82) is 0 Å². The van der Waals surface area contributed by atoms with E-state index >= 15 is 0 Å². The summed E-state index contributed by atoms with van der Waals surface area (Å²) in [5, 5.41) is 2.31. The van der Waals surface area contributed by atoms with Gasteiger partial charge in [0.05, 0.1) is 18.0 Å². The molecule has 2 aliphatic rings. The smallest absolute Gasteiger partial charge is 0.160 e. The molecule has 4 nitrogen and oxygen atoms in total. The van der Waals surface area contributed by atoms with Gasteiger partial charge >= 0.3 is 0 Å². The largest absolute Gasteiger partial charge is 0.493 e. The van der Waals surface area contributed by atoms with E-state index in [0.717, 1.165) is 62.4 Å². The van der Waals surface area contributed by atoms with Crippen molar-refractivity contribution in [3.8, 4) is 61.9 Å². The first-order chi connectivity index (χ1) is 25.3. The minimum Gasteiger partial charge on any atom is -0.493 e. The summed E-state index contributed by atoms with van der Waals surface area (Å²) in [5.74, 6) is 1.61. The Hall–Kier alpha value is -6.00. The molecule has 252 valence electrons. The Morgan fingerprint density at radius 2 is 1.35 bits per heavy atom. The van der Waals surface area contributed by atoms with E-state index in [1.165, 1.54) is 38.8 Å². The third kappa shape index (κ3) is 4.46. The zero-order valence-corrected chi connectivity index (χ0v) is 29.8. The van der Waals surface area contributed by atoms with Crippen LogP contribution in [-0.2, 0) is 11.8 Å². The van der Waals surface area contributed by atoms with E-state index in [9.17, 15) is 0 Å². The van der Waals surface area contributed by atoms with Gasteiger partial charge in [0.15, 0.2) is 5.82 Å². The van der Waals surface area contributed by atoms with Gasteiger partial charge in [0, 0.05) is 44.9 Å². The highest BCUT2D eigenvalue weighted by molar-refractivity contribution is 6.15. The number of fused-ring (bicyclic) bond motifs is 10. The molecule has 1 unspecified atom stereocenters. The molecule has 6 aromatic carbocycles. The molecule has 0 N–H and O–H groups in total. The van der Waals surface area contributed by atoms with Gasteiger partial charge in [-0.25, -0.2) is 9.97 Å². The van der Waals surface area contributed by atoms with Crippen molar-refractivity contribution in [2.45, 2.75) is 39.5 Å². The first-order valence-electron chi connectivity index (χ1n) is 18.2. The van der Waals surface area contributed by atoms with Crippen LogP contribution in [0.15, 0.2) is 138 Å². The van der Waals surface area contributed by atoms with Gasteiger partial charge in [-0.05, 0) is 69.1 Å². The summed E-state index contributed by atoms with van der Waals surface area (Å²) in [4.78, 5) is 10.7. The number of hydrogen-bond acceptors (Lipinski definition) is 4. The predicted octanol–water partition coefficient (Wildman–Crippen LogP) is 12.3. The van der Waals surface area contributed by atoms with E-state index in [1.807, 2.05) is 18.2 Å². The zero-order valence-electron chi connectivity index (χ0n) is 29.8. The summed E-state index contributed by atoms with van der Waals surface area (Å²) in [6.45, 7) is 10.1. The molecule has 0 spiro atoms. The Bertz CT molecular complexity index is 2720. The average Bonchev–Trinajstić information content (AvgIpc) is 3.60. The Labute approximate surface area is 303 Å². The highest BCUT2D eigenvalue weighted by atomic mass is 16.5. The Balaban J connectivity index is 1.24. The zero-order chi connectivity index (χ0) is 35.2. The molecule has 8 aromatic rings. The lowest BCUT2D eigenvalue weighted by molar-refractivity contribution is 0.255. The van der Waals surface area contributed by atoms with Crippen LogP contribution in [0.3, 0.4) is 0 Å². The summed E-state index contributed by atoms with van der Waals surface area (Å²) >= 11 is 0. The second-order valence-corrected chi connectivity index (χ2v) is 15.4. The first-order valence-corrected chi connectivity index (χ1v) is 18.2. The molecule has 0 radical (unpaired) electrons. The number of benzene rings is 6. The van der Waals surface area contributed by atoms with Crippen molar-refractivity contribution in [3.63, 3.8) is 0 Å². The maximum atomic E-state index is 6.44. The normalized spacial score (nSPS) is 16.2. The Morgan fingerprint density at radius 1 is 0.596 bits per heavy atom. The van der Waals surface area contributed by atoms with Gasteiger partial charge in [0.25, 0.3) is 0 Å². The number of furan rings is 1. The summed E-state index contributed by atoms with van der Waals surface area (Å²) < 4.78 is 12.7. The van der Waals surface area contributed by atoms with Crippen molar-refractivity contribution in [1.82, 2.24) is 9.97 Å². The van der Waals surface area contributed by atoms with Crippen LogP contribution in [0.5, 0.6) is 5.75 Å². The maximum absolute atomic E-state index is 6.44. The summed E-state index contributed by atoms with van der Waals surface area (Å²) in [7, 11) is 0. The van der Waals surface area contributed by atoms with Crippen molar-refractivity contribution in [2.75, 3.05) is 6.61 Å². The molecule has 10 rings (SSSR count). The molecule has 2 aromatic heterocycles. The van der Waals surface area contributed by atoms with Crippen molar-refractivity contribution in [3.05, 3.63) is 150 Å². The minimum absolute atomic E-state index is 0.0518. The molecule has 4 heteroatoms. The van der Waals surface area contributed by atoms with E-state index in [-0.39, 0.29) is 10.8 Å². The molecular weight excluding hydrogens is 637 g/mol. The van der Waals surface area contributed by atoms with E-state index in [2.05, 4.69) is 143 Å². The third-order valence-corrected chi connectivity index (χ3v) is 11.7. The Kier molecular flexibility index (Phi) is 6.66. The van der Waals surface area contributed by atoms with Crippen LogP contribution >= 0.6 is 0 Å². The van der Waals surface area contributed by atoms with Crippen LogP contribution in [-0.4, -0.2) is 16.6 Å². The lowest BCUT2D eigenvalue weighted by Crippen LogP contribution is -2.36. The number of rotatable bonds is 3.